The molecule has 2 heterocycles. The summed E-state index contributed by atoms with van der Waals surface area (Å²) >= 11 is 0. The molecule has 1 unspecified atom stereocenters. The fourth-order valence-corrected chi connectivity index (χ4v) is 2.58. The summed E-state index contributed by atoms with van der Waals surface area (Å²) in [6, 6.07) is 7.34. The van der Waals surface area contributed by atoms with E-state index in [2.05, 4.69) is 20.7 Å². The van der Waals surface area contributed by atoms with Gasteiger partial charge in [0.05, 0.1) is 17.3 Å². The van der Waals surface area contributed by atoms with E-state index < -0.39 is 0 Å². The molecule has 0 aliphatic heterocycles. The van der Waals surface area contributed by atoms with Gasteiger partial charge in [-0.05, 0) is 26.8 Å². The molecule has 0 radical (unpaired) electrons. The molecule has 108 valence electrons. The lowest BCUT2D eigenvalue weighted by Crippen LogP contribution is -2.27. The number of carbonyl (C=O) groups is 1. The fourth-order valence-electron chi connectivity index (χ4n) is 2.58. The number of hydrogen-bond donors (Lipinski definition) is 2. The van der Waals surface area contributed by atoms with Crippen LogP contribution in [0.5, 0.6) is 0 Å². The largest absolute Gasteiger partial charge is 0.361 e. The number of aryl methyl sites for hydroxylation is 2. The highest BCUT2D eigenvalue weighted by atomic mass is 16.5. The Morgan fingerprint density at radius 3 is 2.81 bits per heavy atom. The van der Waals surface area contributed by atoms with Crippen molar-refractivity contribution in [3.8, 4) is 0 Å². The van der Waals surface area contributed by atoms with Gasteiger partial charge in [0.2, 0.25) is 0 Å². The Labute approximate surface area is 121 Å². The standard InChI is InChI=1S/C15H16N4O2/c1-8(13-9(2)19-21-10(13)3)16-15(20)14-11-6-4-5-7-12(11)17-18-14/h4-8H,1-3H3,(H,16,20)(H,17,18). The lowest BCUT2D eigenvalue weighted by Gasteiger charge is -2.12. The number of amides is 1. The molecule has 2 N–H and O–H groups in total. The van der Waals surface area contributed by atoms with Crippen molar-refractivity contribution in [2.75, 3.05) is 0 Å². The van der Waals surface area contributed by atoms with E-state index in [0.29, 0.717) is 11.5 Å². The second-order valence-electron chi connectivity index (χ2n) is 5.05. The first-order valence-corrected chi connectivity index (χ1v) is 6.74. The molecule has 2 aromatic heterocycles. The molecular formula is C15H16N4O2. The van der Waals surface area contributed by atoms with Gasteiger partial charge in [0.25, 0.3) is 5.91 Å². The van der Waals surface area contributed by atoms with Gasteiger partial charge in [0, 0.05) is 10.9 Å². The van der Waals surface area contributed by atoms with Gasteiger partial charge in [-0.2, -0.15) is 5.10 Å². The Morgan fingerprint density at radius 1 is 1.33 bits per heavy atom. The van der Waals surface area contributed by atoms with Gasteiger partial charge in [-0.25, -0.2) is 0 Å². The van der Waals surface area contributed by atoms with Crippen LogP contribution in [-0.2, 0) is 0 Å². The molecule has 0 bridgehead atoms. The van der Waals surface area contributed by atoms with Crippen molar-refractivity contribution < 1.29 is 9.32 Å². The van der Waals surface area contributed by atoms with Gasteiger partial charge in [-0.15, -0.1) is 0 Å². The zero-order valence-corrected chi connectivity index (χ0v) is 12.1. The molecule has 21 heavy (non-hydrogen) atoms. The third-order valence-corrected chi connectivity index (χ3v) is 3.55. The number of rotatable bonds is 3. The molecule has 1 amide bonds. The molecule has 3 aromatic rings. The van der Waals surface area contributed by atoms with E-state index in [0.717, 1.165) is 22.2 Å². The van der Waals surface area contributed by atoms with Crippen LogP contribution in [0, 0.1) is 13.8 Å². The van der Waals surface area contributed by atoms with E-state index in [1.165, 1.54) is 0 Å². The van der Waals surface area contributed by atoms with E-state index >= 15 is 0 Å². The molecule has 0 saturated carbocycles. The van der Waals surface area contributed by atoms with Crippen molar-refractivity contribution in [2.45, 2.75) is 26.8 Å². The summed E-state index contributed by atoms with van der Waals surface area (Å²) in [6.45, 7) is 5.60. The third kappa shape index (κ3) is 2.29. The van der Waals surface area contributed by atoms with Gasteiger partial charge in [-0.1, -0.05) is 23.4 Å². The van der Waals surface area contributed by atoms with Crippen LogP contribution in [0.25, 0.3) is 10.9 Å². The van der Waals surface area contributed by atoms with Crippen molar-refractivity contribution in [3.05, 3.63) is 47.0 Å². The first kappa shape index (κ1) is 13.4. The first-order chi connectivity index (χ1) is 10.1. The number of nitrogens with zero attached hydrogens (tertiary/aromatic N) is 2. The average Bonchev–Trinajstić information content (AvgIpc) is 3.02. The lowest BCUT2D eigenvalue weighted by molar-refractivity contribution is 0.0936. The SMILES string of the molecule is Cc1noc(C)c1C(C)NC(=O)c1n[nH]c2ccccc12. The molecule has 0 fully saturated rings. The predicted octanol–water partition coefficient (Wildman–Crippen LogP) is 2.66. The summed E-state index contributed by atoms with van der Waals surface area (Å²) in [5, 5.41) is 14.6. The molecule has 0 aliphatic rings. The summed E-state index contributed by atoms with van der Waals surface area (Å²) in [7, 11) is 0. The number of H-pyrrole nitrogens is 1. The van der Waals surface area contributed by atoms with E-state index in [1.54, 1.807) is 0 Å². The topological polar surface area (TPSA) is 83.8 Å². The maximum atomic E-state index is 12.4. The van der Waals surface area contributed by atoms with E-state index in [1.807, 2.05) is 45.0 Å². The van der Waals surface area contributed by atoms with Crippen molar-refractivity contribution in [3.63, 3.8) is 0 Å². The summed E-state index contributed by atoms with van der Waals surface area (Å²) < 4.78 is 5.14. The lowest BCUT2D eigenvalue weighted by atomic mass is 10.1. The molecule has 0 saturated heterocycles. The Balaban J connectivity index is 1.87. The van der Waals surface area contributed by atoms with Crippen LogP contribution in [-0.4, -0.2) is 21.3 Å². The molecule has 0 aliphatic carbocycles. The Bertz CT molecular complexity index is 783. The Kier molecular flexibility index (Phi) is 3.21. The van der Waals surface area contributed by atoms with Crippen molar-refractivity contribution >= 4 is 16.8 Å². The van der Waals surface area contributed by atoms with Crippen LogP contribution in [0.3, 0.4) is 0 Å². The summed E-state index contributed by atoms with van der Waals surface area (Å²) in [5.41, 5.74) is 2.92. The van der Waals surface area contributed by atoms with Gasteiger partial charge in [0.15, 0.2) is 5.69 Å². The molecule has 0 spiro atoms. The molecule has 6 nitrogen and oxygen atoms in total. The zero-order chi connectivity index (χ0) is 15.0. The molecular weight excluding hydrogens is 268 g/mol. The number of aromatic nitrogens is 3. The minimum absolute atomic E-state index is 0.195. The maximum Gasteiger partial charge on any atom is 0.272 e. The molecule has 1 atom stereocenters. The van der Waals surface area contributed by atoms with Crippen LogP contribution in [0.15, 0.2) is 28.8 Å². The van der Waals surface area contributed by atoms with Crippen LogP contribution in [0.4, 0.5) is 0 Å². The van der Waals surface area contributed by atoms with Gasteiger partial charge < -0.3 is 9.84 Å². The van der Waals surface area contributed by atoms with E-state index in [4.69, 9.17) is 4.52 Å². The number of fused-ring (bicyclic) bond motifs is 1. The normalized spacial score (nSPS) is 12.5. The minimum atomic E-state index is -0.222. The number of nitrogens with one attached hydrogen (secondary N) is 2. The second-order valence-corrected chi connectivity index (χ2v) is 5.05. The van der Waals surface area contributed by atoms with Crippen LogP contribution in [0.1, 0.15) is 40.5 Å². The van der Waals surface area contributed by atoms with Crippen LogP contribution >= 0.6 is 0 Å². The van der Waals surface area contributed by atoms with Crippen molar-refractivity contribution in [1.82, 2.24) is 20.7 Å². The third-order valence-electron chi connectivity index (χ3n) is 3.55. The summed E-state index contributed by atoms with van der Waals surface area (Å²) in [5.74, 6) is 0.493. The number of hydrogen-bond acceptors (Lipinski definition) is 4. The predicted molar refractivity (Wildman–Crippen MR) is 78.0 cm³/mol. The number of benzene rings is 1. The number of aromatic amines is 1. The first-order valence-electron chi connectivity index (χ1n) is 6.74. The number of para-hydroxylation sites is 1. The van der Waals surface area contributed by atoms with Gasteiger partial charge >= 0.3 is 0 Å². The monoisotopic (exact) mass is 284 g/mol. The number of carbonyl (C=O) groups excluding carboxylic acids is 1. The fraction of sp³-hybridized carbons (Fsp3) is 0.267. The van der Waals surface area contributed by atoms with E-state index in [9.17, 15) is 4.79 Å². The molecule has 1 aromatic carbocycles. The average molecular weight is 284 g/mol. The highest BCUT2D eigenvalue weighted by Gasteiger charge is 2.21. The van der Waals surface area contributed by atoms with Crippen molar-refractivity contribution in [2.24, 2.45) is 0 Å². The summed E-state index contributed by atoms with van der Waals surface area (Å²) in [6.07, 6.45) is 0. The smallest absolute Gasteiger partial charge is 0.272 e. The minimum Gasteiger partial charge on any atom is -0.361 e. The Morgan fingerprint density at radius 2 is 2.10 bits per heavy atom. The second kappa shape index (κ2) is 5.05. The molecule has 6 heteroatoms. The highest BCUT2D eigenvalue weighted by Crippen LogP contribution is 2.22. The van der Waals surface area contributed by atoms with E-state index in [-0.39, 0.29) is 11.9 Å². The highest BCUT2D eigenvalue weighted by molar-refractivity contribution is 6.04. The maximum absolute atomic E-state index is 12.4. The summed E-state index contributed by atoms with van der Waals surface area (Å²) in [4.78, 5) is 12.4. The van der Waals surface area contributed by atoms with Crippen LogP contribution in [0.2, 0.25) is 0 Å². The quantitative estimate of drug-likeness (QED) is 0.774. The molecule has 3 rings (SSSR count). The van der Waals surface area contributed by atoms with Gasteiger partial charge in [-0.3, -0.25) is 9.89 Å². The van der Waals surface area contributed by atoms with Crippen LogP contribution < -0.4 is 5.32 Å². The zero-order valence-electron chi connectivity index (χ0n) is 12.1. The van der Waals surface area contributed by atoms with Gasteiger partial charge in [0.1, 0.15) is 5.76 Å². The van der Waals surface area contributed by atoms with Crippen molar-refractivity contribution in [1.29, 1.82) is 0 Å². The Hall–Kier alpha value is -2.63.